The average Bonchev–Trinajstić information content (AvgIpc) is 3.26. The molecule has 3 atom stereocenters. The van der Waals surface area contributed by atoms with Crippen LogP contribution in [0.5, 0.6) is 5.75 Å². The van der Waals surface area contributed by atoms with Crippen molar-refractivity contribution in [3.8, 4) is 5.75 Å². The molecule has 23 heavy (non-hydrogen) atoms. The van der Waals surface area contributed by atoms with E-state index in [1.165, 1.54) is 0 Å². The number of likely N-dealkylation sites (tertiary alicyclic amines) is 1. The highest BCUT2D eigenvalue weighted by atomic mass is 16.5. The minimum Gasteiger partial charge on any atom is -0.497 e. The molecule has 0 spiro atoms. The third-order valence-corrected chi connectivity index (χ3v) is 4.87. The molecule has 1 aromatic carbocycles. The standard InChI is InChI=1S/C18H26N2O3/c1-13(17-9-5-11-23-17)19-18(21)20-10-4-8-16(20)14-6-3-7-15(12-14)22-2/h3,6-7,12-13,16-17H,4-5,8-11H2,1-2H3,(H,19,21)/t13-,16-,17-/m0/s1. The normalized spacial score (nSPS) is 25.4. The van der Waals surface area contributed by atoms with Crippen LogP contribution in [-0.2, 0) is 4.74 Å². The van der Waals surface area contributed by atoms with E-state index in [4.69, 9.17) is 9.47 Å². The Bertz CT molecular complexity index is 543. The van der Waals surface area contributed by atoms with Crippen molar-refractivity contribution in [1.82, 2.24) is 10.2 Å². The molecule has 126 valence electrons. The fraction of sp³-hybridized carbons (Fsp3) is 0.611. The minimum absolute atomic E-state index is 0.0123. The largest absolute Gasteiger partial charge is 0.497 e. The van der Waals surface area contributed by atoms with E-state index in [-0.39, 0.29) is 24.2 Å². The number of amides is 2. The van der Waals surface area contributed by atoms with E-state index in [2.05, 4.69) is 11.4 Å². The lowest BCUT2D eigenvalue weighted by atomic mass is 10.0. The SMILES string of the molecule is COc1cccc([C@@H]2CCCN2C(=O)N[C@@H](C)[C@@H]2CCCO2)c1. The highest BCUT2D eigenvalue weighted by molar-refractivity contribution is 5.75. The smallest absolute Gasteiger partial charge is 0.318 e. The zero-order valence-electron chi connectivity index (χ0n) is 14.0. The molecule has 2 aliphatic heterocycles. The van der Waals surface area contributed by atoms with Crippen LogP contribution in [0.4, 0.5) is 4.79 Å². The van der Waals surface area contributed by atoms with Crippen LogP contribution in [0, 0.1) is 0 Å². The first-order valence-corrected chi connectivity index (χ1v) is 8.51. The molecular weight excluding hydrogens is 292 g/mol. The predicted octanol–water partition coefficient (Wildman–Crippen LogP) is 3.11. The first kappa shape index (κ1) is 16.1. The van der Waals surface area contributed by atoms with E-state index in [9.17, 15) is 4.79 Å². The van der Waals surface area contributed by atoms with Crippen molar-refractivity contribution < 1.29 is 14.3 Å². The fourth-order valence-corrected chi connectivity index (χ4v) is 3.57. The van der Waals surface area contributed by atoms with Gasteiger partial charge in [0, 0.05) is 13.2 Å². The molecule has 5 heteroatoms. The van der Waals surface area contributed by atoms with E-state index in [0.717, 1.165) is 50.1 Å². The molecule has 2 aliphatic rings. The Labute approximate surface area is 137 Å². The highest BCUT2D eigenvalue weighted by Crippen LogP contribution is 2.33. The summed E-state index contributed by atoms with van der Waals surface area (Å²) in [5.41, 5.74) is 1.14. The van der Waals surface area contributed by atoms with Gasteiger partial charge in [-0.1, -0.05) is 12.1 Å². The van der Waals surface area contributed by atoms with E-state index < -0.39 is 0 Å². The van der Waals surface area contributed by atoms with Gasteiger partial charge in [-0.2, -0.15) is 0 Å². The number of hydrogen-bond acceptors (Lipinski definition) is 3. The Hall–Kier alpha value is -1.75. The quantitative estimate of drug-likeness (QED) is 0.928. The van der Waals surface area contributed by atoms with Crippen molar-refractivity contribution in [2.24, 2.45) is 0 Å². The summed E-state index contributed by atoms with van der Waals surface area (Å²) in [6.07, 6.45) is 4.29. The molecule has 1 N–H and O–H groups in total. The number of nitrogens with one attached hydrogen (secondary N) is 1. The monoisotopic (exact) mass is 318 g/mol. The first-order valence-electron chi connectivity index (χ1n) is 8.51. The lowest BCUT2D eigenvalue weighted by Crippen LogP contribution is -2.47. The Morgan fingerprint density at radius 1 is 1.39 bits per heavy atom. The lowest BCUT2D eigenvalue weighted by molar-refractivity contribution is 0.0829. The predicted molar refractivity (Wildman–Crippen MR) is 88.6 cm³/mol. The molecule has 2 heterocycles. The van der Waals surface area contributed by atoms with Crippen LogP contribution in [0.25, 0.3) is 0 Å². The summed E-state index contributed by atoms with van der Waals surface area (Å²) in [4.78, 5) is 14.6. The van der Waals surface area contributed by atoms with Gasteiger partial charge in [-0.3, -0.25) is 0 Å². The van der Waals surface area contributed by atoms with Crippen LogP contribution in [0.3, 0.4) is 0 Å². The number of ether oxygens (including phenoxy) is 2. The number of rotatable bonds is 4. The van der Waals surface area contributed by atoms with Crippen molar-refractivity contribution >= 4 is 6.03 Å². The Morgan fingerprint density at radius 3 is 3.00 bits per heavy atom. The van der Waals surface area contributed by atoms with E-state index in [1.807, 2.05) is 30.0 Å². The van der Waals surface area contributed by atoms with E-state index in [0.29, 0.717) is 0 Å². The topological polar surface area (TPSA) is 50.8 Å². The van der Waals surface area contributed by atoms with Gasteiger partial charge in [-0.05, 0) is 50.3 Å². The Balaban J connectivity index is 1.66. The van der Waals surface area contributed by atoms with Crippen molar-refractivity contribution in [3.63, 3.8) is 0 Å². The van der Waals surface area contributed by atoms with Gasteiger partial charge in [-0.15, -0.1) is 0 Å². The number of benzene rings is 1. The second-order valence-corrected chi connectivity index (χ2v) is 6.42. The van der Waals surface area contributed by atoms with Crippen molar-refractivity contribution in [2.75, 3.05) is 20.3 Å². The maximum Gasteiger partial charge on any atom is 0.318 e. The van der Waals surface area contributed by atoms with Crippen molar-refractivity contribution in [3.05, 3.63) is 29.8 Å². The summed E-state index contributed by atoms with van der Waals surface area (Å²) in [6.45, 7) is 3.64. The van der Waals surface area contributed by atoms with Gasteiger partial charge in [0.15, 0.2) is 0 Å². The molecule has 2 fully saturated rings. The number of urea groups is 1. The van der Waals surface area contributed by atoms with Crippen LogP contribution in [0.2, 0.25) is 0 Å². The molecule has 0 aromatic heterocycles. The maximum absolute atomic E-state index is 12.7. The summed E-state index contributed by atoms with van der Waals surface area (Å²) >= 11 is 0. The van der Waals surface area contributed by atoms with Gasteiger partial charge in [0.25, 0.3) is 0 Å². The van der Waals surface area contributed by atoms with Crippen LogP contribution < -0.4 is 10.1 Å². The number of nitrogens with zero attached hydrogens (tertiary/aromatic N) is 1. The number of carbonyl (C=O) groups is 1. The lowest BCUT2D eigenvalue weighted by Gasteiger charge is -2.28. The van der Waals surface area contributed by atoms with Crippen LogP contribution >= 0.6 is 0 Å². The number of hydrogen-bond donors (Lipinski definition) is 1. The van der Waals surface area contributed by atoms with Crippen LogP contribution in [0.1, 0.15) is 44.2 Å². The van der Waals surface area contributed by atoms with Crippen molar-refractivity contribution in [2.45, 2.75) is 50.8 Å². The van der Waals surface area contributed by atoms with Gasteiger partial charge >= 0.3 is 6.03 Å². The molecular formula is C18H26N2O3. The van der Waals surface area contributed by atoms with Gasteiger partial charge in [-0.25, -0.2) is 4.79 Å². The molecule has 1 aromatic rings. The van der Waals surface area contributed by atoms with Crippen LogP contribution in [-0.4, -0.2) is 43.3 Å². The molecule has 3 rings (SSSR count). The minimum atomic E-state index is 0.0123. The number of carbonyl (C=O) groups excluding carboxylic acids is 1. The number of methoxy groups -OCH3 is 1. The molecule has 0 aliphatic carbocycles. The summed E-state index contributed by atoms with van der Waals surface area (Å²) < 4.78 is 11.0. The summed E-state index contributed by atoms with van der Waals surface area (Å²) in [6, 6.07) is 8.21. The van der Waals surface area contributed by atoms with Crippen LogP contribution in [0.15, 0.2) is 24.3 Å². The second kappa shape index (κ2) is 7.21. The zero-order chi connectivity index (χ0) is 16.2. The molecule has 2 saturated heterocycles. The van der Waals surface area contributed by atoms with Crippen molar-refractivity contribution in [1.29, 1.82) is 0 Å². The Morgan fingerprint density at radius 2 is 2.26 bits per heavy atom. The van der Waals surface area contributed by atoms with Gasteiger partial charge in [0.05, 0.1) is 25.3 Å². The van der Waals surface area contributed by atoms with Gasteiger partial charge in [0.2, 0.25) is 0 Å². The maximum atomic E-state index is 12.7. The Kier molecular flexibility index (Phi) is 5.06. The molecule has 0 bridgehead atoms. The molecule has 0 radical (unpaired) electrons. The van der Waals surface area contributed by atoms with Gasteiger partial charge < -0.3 is 19.7 Å². The molecule has 0 unspecified atom stereocenters. The summed E-state index contributed by atoms with van der Waals surface area (Å²) in [5, 5.41) is 3.12. The average molecular weight is 318 g/mol. The molecule has 0 saturated carbocycles. The van der Waals surface area contributed by atoms with E-state index >= 15 is 0 Å². The summed E-state index contributed by atoms with van der Waals surface area (Å²) in [7, 11) is 1.67. The molecule has 2 amide bonds. The first-order chi connectivity index (χ1) is 11.2. The summed E-state index contributed by atoms with van der Waals surface area (Å²) in [5.74, 6) is 0.836. The van der Waals surface area contributed by atoms with E-state index in [1.54, 1.807) is 7.11 Å². The fourth-order valence-electron chi connectivity index (χ4n) is 3.57. The molecule has 5 nitrogen and oxygen atoms in total. The second-order valence-electron chi connectivity index (χ2n) is 6.42. The zero-order valence-corrected chi connectivity index (χ0v) is 14.0. The van der Waals surface area contributed by atoms with Gasteiger partial charge in [0.1, 0.15) is 5.75 Å². The third-order valence-electron chi connectivity index (χ3n) is 4.87. The highest BCUT2D eigenvalue weighted by Gasteiger charge is 2.32. The third kappa shape index (κ3) is 3.61.